The van der Waals surface area contributed by atoms with Gasteiger partial charge in [0.1, 0.15) is 0 Å². The van der Waals surface area contributed by atoms with Crippen LogP contribution in [0.4, 0.5) is 0 Å². The molecule has 0 aliphatic rings. The Morgan fingerprint density at radius 2 is 1.85 bits per heavy atom. The summed E-state index contributed by atoms with van der Waals surface area (Å²) in [4.78, 5) is 0. The second kappa shape index (κ2) is 6.63. The summed E-state index contributed by atoms with van der Waals surface area (Å²) < 4.78 is 0. The predicted octanol–water partition coefficient (Wildman–Crippen LogP) is 1.60. The molecule has 0 spiro atoms. The van der Waals surface area contributed by atoms with Gasteiger partial charge in [0.15, 0.2) is 0 Å². The minimum atomic E-state index is 0.00775. The zero-order chi connectivity index (χ0) is 10.3. The van der Waals surface area contributed by atoms with Crippen molar-refractivity contribution >= 4 is 0 Å². The molecule has 2 heteroatoms. The molecule has 0 heterocycles. The van der Waals surface area contributed by atoms with E-state index in [2.05, 4.69) is 13.2 Å². The lowest BCUT2D eigenvalue weighted by Gasteiger charge is -2.12. The van der Waals surface area contributed by atoms with Crippen molar-refractivity contribution in [3.63, 3.8) is 0 Å². The van der Waals surface area contributed by atoms with Crippen molar-refractivity contribution in [1.82, 2.24) is 0 Å². The van der Waals surface area contributed by atoms with Gasteiger partial charge in [-0.05, 0) is 12.3 Å². The maximum absolute atomic E-state index is 5.83. The summed E-state index contributed by atoms with van der Waals surface area (Å²) in [6.45, 7) is 9.33. The van der Waals surface area contributed by atoms with Gasteiger partial charge in [0.2, 0.25) is 0 Å². The van der Waals surface area contributed by atoms with Crippen LogP contribution in [0.5, 0.6) is 0 Å². The third-order valence-electron chi connectivity index (χ3n) is 2.00. The van der Waals surface area contributed by atoms with Gasteiger partial charge in [0.05, 0.1) is 0 Å². The molecule has 0 radical (unpaired) electrons. The Hall–Kier alpha value is -0.860. The van der Waals surface area contributed by atoms with E-state index < -0.39 is 0 Å². The van der Waals surface area contributed by atoms with Crippen LogP contribution in [0.1, 0.15) is 13.3 Å². The zero-order valence-corrected chi connectivity index (χ0v) is 8.32. The van der Waals surface area contributed by atoms with Crippen LogP contribution in [0.15, 0.2) is 37.5 Å². The summed E-state index contributed by atoms with van der Waals surface area (Å²) >= 11 is 0. The number of rotatable bonds is 6. The zero-order valence-electron chi connectivity index (χ0n) is 8.32. The Balaban J connectivity index is 3.94. The highest BCUT2D eigenvalue weighted by molar-refractivity contribution is 5.03. The second-order valence-corrected chi connectivity index (χ2v) is 3.25. The number of hydrogen-bond donors (Lipinski definition) is 2. The van der Waals surface area contributed by atoms with Crippen LogP contribution in [0.3, 0.4) is 0 Å². The molecule has 0 saturated carbocycles. The molecule has 0 bridgehead atoms. The lowest BCUT2D eigenvalue weighted by Crippen LogP contribution is -2.25. The van der Waals surface area contributed by atoms with Crippen LogP contribution in [0.25, 0.3) is 0 Å². The molecule has 3 atom stereocenters. The molecule has 0 rings (SSSR count). The van der Waals surface area contributed by atoms with Gasteiger partial charge in [0.25, 0.3) is 0 Å². The lowest BCUT2D eigenvalue weighted by molar-refractivity contribution is 0.628. The van der Waals surface area contributed by atoms with E-state index in [9.17, 15) is 0 Å². The molecule has 0 amide bonds. The van der Waals surface area contributed by atoms with E-state index in [0.717, 1.165) is 6.42 Å². The van der Waals surface area contributed by atoms with E-state index in [1.807, 2.05) is 25.2 Å². The fourth-order valence-corrected chi connectivity index (χ4v) is 0.874. The lowest BCUT2D eigenvalue weighted by atomic mass is 10.0. The van der Waals surface area contributed by atoms with Gasteiger partial charge in [-0.1, -0.05) is 31.2 Å². The minimum Gasteiger partial charge on any atom is -0.324 e. The predicted molar refractivity (Wildman–Crippen MR) is 59.3 cm³/mol. The molecule has 0 aromatic heterocycles. The van der Waals surface area contributed by atoms with Gasteiger partial charge in [-0.15, -0.1) is 13.2 Å². The van der Waals surface area contributed by atoms with E-state index in [4.69, 9.17) is 11.5 Å². The maximum atomic E-state index is 5.83. The molecule has 0 fully saturated rings. The number of nitrogens with two attached hydrogens (primary N) is 2. The van der Waals surface area contributed by atoms with Crippen molar-refractivity contribution in [1.29, 1.82) is 0 Å². The monoisotopic (exact) mass is 180 g/mol. The first-order valence-corrected chi connectivity index (χ1v) is 4.54. The smallest absolute Gasteiger partial charge is 0.0285 e. The van der Waals surface area contributed by atoms with Crippen LogP contribution in [0.2, 0.25) is 0 Å². The fourth-order valence-electron chi connectivity index (χ4n) is 0.874. The second-order valence-electron chi connectivity index (χ2n) is 3.25. The first-order chi connectivity index (χ1) is 6.11. The normalized spacial score (nSPS) is 18.1. The Kier molecular flexibility index (Phi) is 6.20. The fraction of sp³-hybridized carbons (Fsp3) is 0.455. The molecule has 13 heavy (non-hydrogen) atoms. The molecule has 0 aliphatic carbocycles. The maximum Gasteiger partial charge on any atom is 0.0285 e. The molecule has 3 unspecified atom stereocenters. The van der Waals surface area contributed by atoms with Gasteiger partial charge in [0, 0.05) is 12.1 Å². The van der Waals surface area contributed by atoms with Gasteiger partial charge in [-0.2, -0.15) is 0 Å². The van der Waals surface area contributed by atoms with Crippen molar-refractivity contribution in [3.8, 4) is 0 Å². The average molecular weight is 180 g/mol. The standard InChI is InChI=1S/C11H20N2/c1-4-6-10(12)7-8-11(13)9(3)5-2/h4-5,7-11H,1-2,6,12-13H2,3H3/b8-7-. The molecule has 0 aliphatic heterocycles. The summed E-state index contributed by atoms with van der Waals surface area (Å²) in [6.07, 6.45) is 8.28. The molecule has 4 N–H and O–H groups in total. The first kappa shape index (κ1) is 12.1. The van der Waals surface area contributed by atoms with Gasteiger partial charge < -0.3 is 11.5 Å². The van der Waals surface area contributed by atoms with Gasteiger partial charge >= 0.3 is 0 Å². The van der Waals surface area contributed by atoms with E-state index in [0.29, 0.717) is 0 Å². The van der Waals surface area contributed by atoms with Gasteiger partial charge in [-0.25, -0.2) is 0 Å². The SMILES string of the molecule is C=CCC(N)/C=C\C(N)C(C)C=C. The van der Waals surface area contributed by atoms with Crippen molar-refractivity contribution in [2.75, 3.05) is 0 Å². The van der Waals surface area contributed by atoms with Crippen molar-refractivity contribution in [2.24, 2.45) is 17.4 Å². The van der Waals surface area contributed by atoms with Crippen LogP contribution >= 0.6 is 0 Å². The molecule has 0 saturated heterocycles. The third-order valence-corrected chi connectivity index (χ3v) is 2.00. The van der Waals surface area contributed by atoms with Gasteiger partial charge in [-0.3, -0.25) is 0 Å². The molecular weight excluding hydrogens is 160 g/mol. The first-order valence-electron chi connectivity index (χ1n) is 4.54. The Bertz CT molecular complexity index is 185. The Morgan fingerprint density at radius 1 is 1.23 bits per heavy atom. The van der Waals surface area contributed by atoms with Crippen LogP contribution in [-0.4, -0.2) is 12.1 Å². The molecule has 2 nitrogen and oxygen atoms in total. The largest absolute Gasteiger partial charge is 0.324 e. The molecule has 74 valence electrons. The summed E-state index contributed by atoms with van der Waals surface area (Å²) in [6, 6.07) is 0.0360. The highest BCUT2D eigenvalue weighted by atomic mass is 14.6. The summed E-state index contributed by atoms with van der Waals surface area (Å²) in [5.74, 6) is 0.284. The van der Waals surface area contributed by atoms with Crippen molar-refractivity contribution in [3.05, 3.63) is 37.5 Å². The molecule has 0 aromatic rings. The van der Waals surface area contributed by atoms with E-state index in [1.54, 1.807) is 6.08 Å². The van der Waals surface area contributed by atoms with E-state index in [-0.39, 0.29) is 18.0 Å². The highest BCUT2D eigenvalue weighted by Crippen LogP contribution is 2.03. The van der Waals surface area contributed by atoms with Crippen LogP contribution in [-0.2, 0) is 0 Å². The Morgan fingerprint density at radius 3 is 2.31 bits per heavy atom. The average Bonchev–Trinajstić information content (AvgIpc) is 2.13. The Labute approximate surface area is 81.0 Å². The third kappa shape index (κ3) is 5.39. The minimum absolute atomic E-state index is 0.00775. The topological polar surface area (TPSA) is 52.0 Å². The van der Waals surface area contributed by atoms with Crippen LogP contribution in [0, 0.1) is 5.92 Å². The molecule has 0 aromatic carbocycles. The van der Waals surface area contributed by atoms with Crippen molar-refractivity contribution < 1.29 is 0 Å². The van der Waals surface area contributed by atoms with Crippen LogP contribution < -0.4 is 11.5 Å². The summed E-state index contributed by atoms with van der Waals surface area (Å²) in [7, 11) is 0. The summed E-state index contributed by atoms with van der Waals surface area (Å²) in [5, 5.41) is 0. The number of hydrogen-bond acceptors (Lipinski definition) is 2. The van der Waals surface area contributed by atoms with Crippen molar-refractivity contribution in [2.45, 2.75) is 25.4 Å². The summed E-state index contributed by atoms with van der Waals surface area (Å²) in [5.41, 5.74) is 11.6. The highest BCUT2D eigenvalue weighted by Gasteiger charge is 2.04. The van der Waals surface area contributed by atoms with E-state index in [1.165, 1.54) is 0 Å². The molecular formula is C11H20N2. The quantitative estimate of drug-likeness (QED) is 0.610. The van der Waals surface area contributed by atoms with E-state index >= 15 is 0 Å².